The van der Waals surface area contributed by atoms with Gasteiger partial charge < -0.3 is 25.7 Å². The minimum atomic E-state index is -1.29. The highest BCUT2D eigenvalue weighted by molar-refractivity contribution is 5.80. The maximum atomic E-state index is 12.6. The molecule has 4 atom stereocenters. The van der Waals surface area contributed by atoms with E-state index in [1.807, 2.05) is 0 Å². The van der Waals surface area contributed by atoms with E-state index < -0.39 is 36.9 Å². The van der Waals surface area contributed by atoms with Gasteiger partial charge in [-0.15, -0.1) is 0 Å². The molecule has 0 saturated carbocycles. The molecule has 4 unspecified atom stereocenters. The summed E-state index contributed by atoms with van der Waals surface area (Å²) < 4.78 is 0. The van der Waals surface area contributed by atoms with E-state index in [1.165, 1.54) is 270 Å². The molecular weight excluding hydrogens is 875 g/mol. The number of amides is 1. The van der Waals surface area contributed by atoms with E-state index in [1.54, 1.807) is 0 Å². The lowest BCUT2D eigenvalue weighted by atomic mass is 10.00. The number of unbranched alkanes of at least 4 members (excludes halogenated alkanes) is 44. The van der Waals surface area contributed by atoms with Crippen LogP contribution >= 0.6 is 0 Å². The van der Waals surface area contributed by atoms with Crippen molar-refractivity contribution in [3.8, 4) is 0 Å². The second kappa shape index (κ2) is 59.4. The molecule has 1 amide bonds. The highest BCUT2D eigenvalue weighted by atomic mass is 16.3. The van der Waals surface area contributed by atoms with Crippen LogP contribution in [0.2, 0.25) is 0 Å². The Balaban J connectivity index is 3.57. The molecule has 0 fully saturated rings. The molecule has 0 saturated heterocycles. The third-order valence-electron chi connectivity index (χ3n) is 15.1. The number of carbonyl (C=O) groups is 1. The predicted octanol–water partition coefficient (Wildman–Crippen LogP) is 19.1. The summed E-state index contributed by atoms with van der Waals surface area (Å²) in [5.74, 6) is -0.593. The molecule has 0 aromatic heterocycles. The Morgan fingerprint density at radius 1 is 0.338 bits per heavy atom. The Morgan fingerprint density at radius 3 is 0.887 bits per heavy atom. The molecule has 0 radical (unpaired) electrons. The molecule has 0 aromatic carbocycles. The fraction of sp³-hybridized carbons (Fsp3) is 0.892. The summed E-state index contributed by atoms with van der Waals surface area (Å²) in [6.45, 7) is 4.07. The molecule has 6 heteroatoms. The summed E-state index contributed by atoms with van der Waals surface area (Å²) in [5, 5.41) is 44.0. The van der Waals surface area contributed by atoms with Crippen molar-refractivity contribution in [3.63, 3.8) is 0 Å². The zero-order valence-corrected chi connectivity index (χ0v) is 47.7. The summed E-state index contributed by atoms with van der Waals surface area (Å²) in [4.78, 5) is 12.6. The number of nitrogens with one attached hydrogen (secondary N) is 1. The van der Waals surface area contributed by atoms with Crippen molar-refractivity contribution in [2.75, 3.05) is 6.61 Å². The first-order valence-corrected chi connectivity index (χ1v) is 31.9. The molecule has 6 nitrogen and oxygen atoms in total. The van der Waals surface area contributed by atoms with Crippen molar-refractivity contribution in [1.29, 1.82) is 0 Å². The fourth-order valence-corrected chi connectivity index (χ4v) is 10.1. The Morgan fingerprint density at radius 2 is 0.592 bits per heavy atom. The Labute approximate surface area is 443 Å². The first-order chi connectivity index (χ1) is 35.0. The zero-order valence-electron chi connectivity index (χ0n) is 47.7. The normalized spacial score (nSPS) is 13.8. The summed E-state index contributed by atoms with van der Waals surface area (Å²) in [6, 6.07) is -1.01. The van der Waals surface area contributed by atoms with E-state index in [9.17, 15) is 25.2 Å². The van der Waals surface area contributed by atoms with E-state index in [2.05, 4.69) is 55.6 Å². The van der Waals surface area contributed by atoms with Crippen LogP contribution < -0.4 is 5.32 Å². The van der Waals surface area contributed by atoms with Crippen LogP contribution in [0.1, 0.15) is 341 Å². The summed E-state index contributed by atoms with van der Waals surface area (Å²) >= 11 is 0. The van der Waals surface area contributed by atoms with E-state index in [4.69, 9.17) is 0 Å². The van der Waals surface area contributed by atoms with E-state index in [0.29, 0.717) is 19.3 Å². The van der Waals surface area contributed by atoms with Gasteiger partial charge in [0.25, 0.3) is 0 Å². The Bertz CT molecular complexity index is 1120. The van der Waals surface area contributed by atoms with Gasteiger partial charge in [-0.3, -0.25) is 4.79 Å². The molecule has 0 aromatic rings. The van der Waals surface area contributed by atoms with Gasteiger partial charge >= 0.3 is 0 Å². The average Bonchev–Trinajstić information content (AvgIpc) is 3.38. The van der Waals surface area contributed by atoms with Crippen molar-refractivity contribution < 1.29 is 25.2 Å². The van der Waals surface area contributed by atoms with Crippen LogP contribution in [0.15, 0.2) is 36.5 Å². The van der Waals surface area contributed by atoms with Crippen LogP contribution in [0.3, 0.4) is 0 Å². The predicted molar refractivity (Wildman–Crippen MR) is 311 cm³/mol. The SMILES string of the molecule is CCCCCCCCCCCC/C=C/CC/C=C/CCCC(O)C(O)C(CO)NC(=O)C(O)CCCCCCCCCCCCCCCCCC/C=C\CCCCCCCCCCCCCCCCCC. The number of allylic oxidation sites excluding steroid dienone is 6. The van der Waals surface area contributed by atoms with E-state index >= 15 is 0 Å². The second-order valence-electron chi connectivity index (χ2n) is 22.1. The molecule has 0 aliphatic rings. The molecule has 0 heterocycles. The van der Waals surface area contributed by atoms with E-state index in [-0.39, 0.29) is 0 Å². The fourth-order valence-electron chi connectivity index (χ4n) is 10.1. The minimum Gasteiger partial charge on any atom is -0.394 e. The number of hydrogen-bond acceptors (Lipinski definition) is 5. The monoisotopic (exact) mass is 1000 g/mol. The minimum absolute atomic E-state index is 0.362. The van der Waals surface area contributed by atoms with Crippen molar-refractivity contribution in [2.24, 2.45) is 0 Å². The number of carbonyl (C=O) groups excluding carboxylic acids is 1. The van der Waals surface area contributed by atoms with Crippen LogP contribution in [0.25, 0.3) is 0 Å². The molecule has 0 aliphatic heterocycles. The summed E-state index contributed by atoms with van der Waals surface area (Å²) in [5.41, 5.74) is 0. The lowest BCUT2D eigenvalue weighted by Gasteiger charge is -2.27. The molecule has 420 valence electrons. The first kappa shape index (κ1) is 69.5. The van der Waals surface area contributed by atoms with Gasteiger partial charge in [0.05, 0.1) is 18.8 Å². The molecule has 0 bridgehead atoms. The number of rotatable bonds is 59. The van der Waals surface area contributed by atoms with Gasteiger partial charge in [-0.2, -0.15) is 0 Å². The van der Waals surface area contributed by atoms with Crippen LogP contribution in [-0.4, -0.2) is 57.3 Å². The highest BCUT2D eigenvalue weighted by Crippen LogP contribution is 2.18. The van der Waals surface area contributed by atoms with Crippen LogP contribution in [0, 0.1) is 0 Å². The third kappa shape index (κ3) is 53.2. The standard InChI is InChI=1S/C65H125NO5/c1-3-5-7-9-11-13-15-17-19-21-23-24-25-26-27-28-29-30-31-32-33-34-35-36-37-38-39-41-43-45-47-49-51-53-55-57-59-63(69)65(71)66-61(60-67)64(70)62(68)58-56-54-52-50-48-46-44-42-40-22-20-18-16-14-12-10-8-6-4-2/h30-31,42,44,50,52,61-64,67-70H,3-29,32-41,43,45-49,51,53-60H2,1-2H3,(H,66,71)/b31-30-,44-42+,52-50+. The smallest absolute Gasteiger partial charge is 0.249 e. The van der Waals surface area contributed by atoms with Crippen molar-refractivity contribution in [2.45, 2.75) is 366 Å². The molecular formula is C65H125NO5. The average molecular weight is 1000 g/mol. The molecule has 5 N–H and O–H groups in total. The lowest BCUT2D eigenvalue weighted by molar-refractivity contribution is -0.132. The zero-order chi connectivity index (χ0) is 51.6. The van der Waals surface area contributed by atoms with Gasteiger partial charge in [0.2, 0.25) is 5.91 Å². The van der Waals surface area contributed by atoms with Gasteiger partial charge in [-0.25, -0.2) is 0 Å². The third-order valence-corrected chi connectivity index (χ3v) is 15.1. The summed E-state index contributed by atoms with van der Waals surface area (Å²) in [6.07, 6.45) is 75.4. The molecule has 71 heavy (non-hydrogen) atoms. The van der Waals surface area contributed by atoms with Gasteiger partial charge in [0.15, 0.2) is 0 Å². The van der Waals surface area contributed by atoms with Crippen molar-refractivity contribution >= 4 is 5.91 Å². The lowest BCUT2D eigenvalue weighted by Crippen LogP contribution is -2.53. The van der Waals surface area contributed by atoms with Gasteiger partial charge in [0, 0.05) is 0 Å². The maximum Gasteiger partial charge on any atom is 0.249 e. The largest absolute Gasteiger partial charge is 0.394 e. The van der Waals surface area contributed by atoms with Crippen molar-refractivity contribution in [3.05, 3.63) is 36.5 Å². The number of hydrogen-bond donors (Lipinski definition) is 5. The second-order valence-corrected chi connectivity index (χ2v) is 22.1. The quantitative estimate of drug-likeness (QED) is 0.0308. The van der Waals surface area contributed by atoms with Crippen LogP contribution in [-0.2, 0) is 4.79 Å². The van der Waals surface area contributed by atoms with Crippen molar-refractivity contribution in [1.82, 2.24) is 5.32 Å². The molecule has 0 rings (SSSR count). The summed E-state index contributed by atoms with van der Waals surface area (Å²) in [7, 11) is 0. The molecule has 0 spiro atoms. The van der Waals surface area contributed by atoms with E-state index in [0.717, 1.165) is 38.5 Å². The van der Waals surface area contributed by atoms with Crippen LogP contribution in [0.4, 0.5) is 0 Å². The maximum absolute atomic E-state index is 12.6. The van der Waals surface area contributed by atoms with Gasteiger partial charge in [-0.1, -0.05) is 301 Å². The topological polar surface area (TPSA) is 110 Å². The first-order valence-electron chi connectivity index (χ1n) is 31.9. The van der Waals surface area contributed by atoms with Crippen LogP contribution in [0.5, 0.6) is 0 Å². The Hall–Kier alpha value is -1.47. The number of aliphatic hydroxyl groups is 4. The highest BCUT2D eigenvalue weighted by Gasteiger charge is 2.28. The van der Waals surface area contributed by atoms with Gasteiger partial charge in [0.1, 0.15) is 12.2 Å². The van der Waals surface area contributed by atoms with Gasteiger partial charge in [-0.05, 0) is 77.0 Å². The molecule has 0 aliphatic carbocycles. The Kier molecular flexibility index (Phi) is 58.2. The number of aliphatic hydroxyl groups excluding tert-OH is 4.